The molecule has 3 fully saturated rings. The fourth-order valence-electron chi connectivity index (χ4n) is 6.35. The molecule has 4 amide bonds. The Morgan fingerprint density at radius 1 is 1.16 bits per heavy atom. The van der Waals surface area contributed by atoms with Gasteiger partial charge in [0.05, 0.1) is 17.8 Å². The summed E-state index contributed by atoms with van der Waals surface area (Å²) in [5, 5.41) is 3.41. The summed E-state index contributed by atoms with van der Waals surface area (Å²) >= 11 is 6.31. The van der Waals surface area contributed by atoms with Crippen molar-refractivity contribution in [3.8, 4) is 5.75 Å². The first-order valence-electron chi connectivity index (χ1n) is 14.9. The molecule has 3 saturated heterocycles. The number of pyridine rings is 1. The van der Waals surface area contributed by atoms with Crippen LogP contribution in [0.1, 0.15) is 80.7 Å². The maximum atomic E-state index is 14.1. The molecule has 0 bridgehead atoms. The van der Waals surface area contributed by atoms with Crippen molar-refractivity contribution in [2.24, 2.45) is 0 Å². The zero-order valence-corrected chi connectivity index (χ0v) is 25.7. The van der Waals surface area contributed by atoms with Crippen molar-refractivity contribution in [2.45, 2.75) is 96.1 Å². The van der Waals surface area contributed by atoms with Crippen molar-refractivity contribution >= 4 is 35.2 Å². The summed E-state index contributed by atoms with van der Waals surface area (Å²) in [4.78, 5) is 60.2. The number of carbonyl (C=O) groups excluding carboxylic acids is 4. The van der Waals surface area contributed by atoms with E-state index in [1.807, 2.05) is 41.8 Å². The number of hydrazine groups is 1. The Morgan fingerprint density at radius 3 is 2.65 bits per heavy atom. The van der Waals surface area contributed by atoms with Crippen molar-refractivity contribution in [1.82, 2.24) is 31.0 Å². The molecule has 0 aliphatic carbocycles. The third-order valence-electron chi connectivity index (χ3n) is 8.63. The van der Waals surface area contributed by atoms with Gasteiger partial charge in [0.15, 0.2) is 6.10 Å². The molecule has 1 aromatic heterocycles. The zero-order valence-electron chi connectivity index (χ0n) is 24.9. The number of amides is 4. The summed E-state index contributed by atoms with van der Waals surface area (Å²) in [6.07, 6.45) is 2.60. The van der Waals surface area contributed by atoms with Gasteiger partial charge in [-0.2, -0.15) is 0 Å². The van der Waals surface area contributed by atoms with Crippen LogP contribution in [0.5, 0.6) is 5.75 Å². The molecular weight excluding hydrogens is 572 g/mol. The van der Waals surface area contributed by atoms with E-state index in [0.29, 0.717) is 35.9 Å². The number of benzene rings is 1. The number of nitrogens with one attached hydrogen (secondary N) is 3. The van der Waals surface area contributed by atoms with E-state index in [1.165, 1.54) is 6.07 Å². The van der Waals surface area contributed by atoms with Gasteiger partial charge < -0.3 is 19.9 Å². The first kappa shape index (κ1) is 30.7. The first-order chi connectivity index (χ1) is 20.5. The first-order valence-corrected chi connectivity index (χ1v) is 15.3. The Labute approximate surface area is 256 Å². The molecule has 43 heavy (non-hydrogen) atoms. The monoisotopic (exact) mass is 610 g/mol. The Morgan fingerprint density at radius 2 is 1.95 bits per heavy atom. The molecule has 2 aromatic rings. The smallest absolute Gasteiger partial charge is 0.275 e. The molecule has 3 aliphatic heterocycles. The Balaban J connectivity index is 1.31. The largest absolute Gasteiger partial charge is 0.479 e. The van der Waals surface area contributed by atoms with E-state index in [-0.39, 0.29) is 47.6 Å². The van der Waals surface area contributed by atoms with Gasteiger partial charge in [-0.05, 0) is 76.8 Å². The number of ether oxygens (including phenoxy) is 1. The summed E-state index contributed by atoms with van der Waals surface area (Å²) in [6, 6.07) is 9.22. The maximum Gasteiger partial charge on any atom is 0.275 e. The second-order valence-corrected chi connectivity index (χ2v) is 12.2. The quantitative estimate of drug-likeness (QED) is 0.418. The van der Waals surface area contributed by atoms with Gasteiger partial charge in [-0.15, -0.1) is 0 Å². The van der Waals surface area contributed by atoms with Crippen LogP contribution in [0.4, 0.5) is 0 Å². The molecule has 11 nitrogen and oxygen atoms in total. The van der Waals surface area contributed by atoms with Gasteiger partial charge in [0.2, 0.25) is 11.8 Å². The summed E-state index contributed by atoms with van der Waals surface area (Å²) in [5.74, 6) is -0.490. The molecule has 4 heterocycles. The van der Waals surface area contributed by atoms with Crippen LogP contribution in [0.25, 0.3) is 0 Å². The lowest BCUT2D eigenvalue weighted by Gasteiger charge is -2.39. The molecular formula is C31H39ClN6O5. The predicted octanol–water partition coefficient (Wildman–Crippen LogP) is 3.07. The molecule has 12 heteroatoms. The highest BCUT2D eigenvalue weighted by atomic mass is 35.5. The standard InChI is InChI=1S/C31H39ClN6O5/c1-17-15-27(30(41)36-35-17)43-26-13-10-23(33-18(26)2)29(40)34-19(3)31(42)38-24(20(4)37-14-6-9-28(37)39)11-12-25(38)21-7-5-8-22(32)16-21/h5,7-8,10,13,16-17,19-20,24-25,27,35H,6,9,11-12,14-15H2,1-4H3,(H,34,40)(H,36,41)/t17?,19-,20+,24-,25+,27?/m1/s1. The molecule has 6 atom stereocenters. The van der Waals surface area contributed by atoms with E-state index in [2.05, 4.69) is 21.2 Å². The molecule has 0 spiro atoms. The number of nitrogens with zero attached hydrogens (tertiary/aromatic N) is 3. The van der Waals surface area contributed by atoms with E-state index in [4.69, 9.17) is 16.3 Å². The molecule has 2 unspecified atom stereocenters. The van der Waals surface area contributed by atoms with Gasteiger partial charge in [0, 0.05) is 36.5 Å². The SMILES string of the molecule is Cc1nc(C(=O)N[C@H](C)C(=O)N2[C@@H]([C@H](C)N3CCCC3=O)CC[C@H]2c2cccc(Cl)c2)ccc1OC1CC(C)NNC1=O. The number of hydrogen-bond donors (Lipinski definition) is 3. The number of hydrogen-bond acceptors (Lipinski definition) is 7. The van der Waals surface area contributed by atoms with E-state index in [0.717, 1.165) is 24.8 Å². The van der Waals surface area contributed by atoms with E-state index < -0.39 is 18.1 Å². The van der Waals surface area contributed by atoms with E-state index in [9.17, 15) is 19.2 Å². The molecule has 5 rings (SSSR count). The van der Waals surface area contributed by atoms with Crippen LogP contribution >= 0.6 is 11.6 Å². The average Bonchev–Trinajstić information content (AvgIpc) is 3.61. The molecule has 3 N–H and O–H groups in total. The number of likely N-dealkylation sites (tertiary alicyclic amines) is 2. The summed E-state index contributed by atoms with van der Waals surface area (Å²) in [6.45, 7) is 7.98. The lowest BCUT2D eigenvalue weighted by Crippen LogP contribution is -2.56. The minimum atomic E-state index is -0.853. The van der Waals surface area contributed by atoms with Crippen molar-refractivity contribution in [2.75, 3.05) is 6.54 Å². The molecule has 0 saturated carbocycles. The Bertz CT molecular complexity index is 1400. The van der Waals surface area contributed by atoms with Crippen LogP contribution in [-0.2, 0) is 14.4 Å². The third-order valence-corrected chi connectivity index (χ3v) is 8.87. The van der Waals surface area contributed by atoms with Gasteiger partial charge in [-0.25, -0.2) is 10.4 Å². The number of carbonyl (C=O) groups is 4. The van der Waals surface area contributed by atoms with Crippen molar-refractivity contribution in [3.05, 3.63) is 58.4 Å². The predicted molar refractivity (Wildman–Crippen MR) is 160 cm³/mol. The van der Waals surface area contributed by atoms with Crippen LogP contribution in [0.15, 0.2) is 36.4 Å². The topological polar surface area (TPSA) is 133 Å². The van der Waals surface area contributed by atoms with Gasteiger partial charge in [-0.1, -0.05) is 23.7 Å². The van der Waals surface area contributed by atoms with Crippen molar-refractivity contribution in [1.29, 1.82) is 0 Å². The second kappa shape index (κ2) is 12.9. The minimum Gasteiger partial charge on any atom is -0.479 e. The normalized spacial score (nSPS) is 25.3. The molecule has 230 valence electrons. The highest BCUT2D eigenvalue weighted by Crippen LogP contribution is 2.40. The second-order valence-electron chi connectivity index (χ2n) is 11.7. The van der Waals surface area contributed by atoms with Gasteiger partial charge >= 0.3 is 0 Å². The molecule has 0 radical (unpaired) electrons. The summed E-state index contributed by atoms with van der Waals surface area (Å²) in [7, 11) is 0. The van der Waals surface area contributed by atoms with Gasteiger partial charge in [0.1, 0.15) is 17.5 Å². The third kappa shape index (κ3) is 6.62. The Kier molecular flexibility index (Phi) is 9.22. The number of aryl methyl sites for hydroxylation is 1. The van der Waals surface area contributed by atoms with E-state index in [1.54, 1.807) is 26.0 Å². The summed E-state index contributed by atoms with van der Waals surface area (Å²) in [5.41, 5.74) is 6.97. The molecule has 1 aromatic carbocycles. The van der Waals surface area contributed by atoms with E-state index >= 15 is 0 Å². The van der Waals surface area contributed by atoms with Gasteiger partial charge in [0.25, 0.3) is 11.8 Å². The van der Waals surface area contributed by atoms with Crippen LogP contribution in [0.3, 0.4) is 0 Å². The zero-order chi connectivity index (χ0) is 30.8. The lowest BCUT2D eigenvalue weighted by molar-refractivity contribution is -0.140. The van der Waals surface area contributed by atoms with Crippen molar-refractivity contribution in [3.63, 3.8) is 0 Å². The highest BCUT2D eigenvalue weighted by molar-refractivity contribution is 6.30. The summed E-state index contributed by atoms with van der Waals surface area (Å²) < 4.78 is 5.89. The number of aromatic nitrogens is 1. The van der Waals surface area contributed by atoms with Crippen molar-refractivity contribution < 1.29 is 23.9 Å². The van der Waals surface area contributed by atoms with Crippen LogP contribution in [-0.4, -0.2) is 75.2 Å². The fraction of sp³-hybridized carbons (Fsp3) is 0.516. The lowest BCUT2D eigenvalue weighted by atomic mass is 10.0. The molecule has 3 aliphatic rings. The van der Waals surface area contributed by atoms with Gasteiger partial charge in [-0.3, -0.25) is 24.6 Å². The average molecular weight is 611 g/mol. The fourth-order valence-corrected chi connectivity index (χ4v) is 6.55. The van der Waals surface area contributed by atoms with Crippen LogP contribution < -0.4 is 20.9 Å². The van der Waals surface area contributed by atoms with Crippen LogP contribution in [0.2, 0.25) is 5.02 Å². The maximum absolute atomic E-state index is 14.1. The van der Waals surface area contributed by atoms with Crippen LogP contribution in [0, 0.1) is 6.92 Å². The Hall–Kier alpha value is -3.70. The number of halogens is 1. The minimum absolute atomic E-state index is 0.0487. The highest BCUT2D eigenvalue weighted by Gasteiger charge is 2.44. The number of rotatable bonds is 8.